The molecule has 0 saturated carbocycles. The van der Waals surface area contributed by atoms with Crippen LogP contribution in [-0.2, 0) is 17.9 Å². The quantitative estimate of drug-likeness (QED) is 0.822. The zero-order chi connectivity index (χ0) is 15.2. The van der Waals surface area contributed by atoms with Gasteiger partial charge >= 0.3 is 0 Å². The summed E-state index contributed by atoms with van der Waals surface area (Å²) in [5.41, 5.74) is 2.51. The summed E-state index contributed by atoms with van der Waals surface area (Å²) >= 11 is 0. The van der Waals surface area contributed by atoms with Gasteiger partial charge in [0, 0.05) is 31.7 Å². The number of hydrogen-bond acceptors (Lipinski definition) is 2. The second-order valence-electron chi connectivity index (χ2n) is 5.62. The first-order valence-electron chi connectivity index (χ1n) is 7.68. The first-order valence-corrected chi connectivity index (χ1v) is 7.68. The highest BCUT2D eigenvalue weighted by Gasteiger charge is 2.08. The van der Waals surface area contributed by atoms with Crippen LogP contribution < -0.4 is 10.6 Å². The van der Waals surface area contributed by atoms with E-state index in [2.05, 4.69) is 52.6 Å². The molecule has 1 aromatic carbocycles. The van der Waals surface area contributed by atoms with Crippen molar-refractivity contribution in [1.29, 1.82) is 0 Å². The smallest absolute Gasteiger partial charge is 0.221 e. The average Bonchev–Trinajstić information content (AvgIpc) is 2.86. The number of aryl methyl sites for hydroxylation is 1. The molecule has 1 aromatic heterocycles. The summed E-state index contributed by atoms with van der Waals surface area (Å²) in [4.78, 5) is 11.8. The summed E-state index contributed by atoms with van der Waals surface area (Å²) in [6, 6.07) is 8.67. The van der Waals surface area contributed by atoms with E-state index >= 15 is 0 Å². The van der Waals surface area contributed by atoms with E-state index in [4.69, 9.17) is 0 Å². The number of fused-ring (bicyclic) bond motifs is 1. The summed E-state index contributed by atoms with van der Waals surface area (Å²) in [6.45, 7) is 8.60. The molecule has 4 nitrogen and oxygen atoms in total. The number of rotatable bonds is 7. The molecule has 0 aliphatic rings. The van der Waals surface area contributed by atoms with Crippen molar-refractivity contribution in [1.82, 2.24) is 15.2 Å². The van der Waals surface area contributed by atoms with Crippen LogP contribution in [0, 0.1) is 0 Å². The molecule has 1 amide bonds. The molecule has 0 saturated heterocycles. The molecule has 0 fully saturated rings. The monoisotopic (exact) mass is 287 g/mol. The highest BCUT2D eigenvalue weighted by molar-refractivity contribution is 5.83. The van der Waals surface area contributed by atoms with E-state index in [1.807, 2.05) is 13.8 Å². The molecular weight excluding hydrogens is 262 g/mol. The molecule has 4 heteroatoms. The highest BCUT2D eigenvalue weighted by atomic mass is 16.1. The predicted octanol–water partition coefficient (Wildman–Crippen LogP) is 2.67. The molecule has 0 aliphatic heterocycles. The van der Waals surface area contributed by atoms with E-state index in [1.54, 1.807) is 0 Å². The fraction of sp³-hybridized carbons (Fsp3) is 0.471. The Balaban J connectivity index is 2.14. The lowest BCUT2D eigenvalue weighted by Crippen LogP contribution is -2.30. The fourth-order valence-corrected chi connectivity index (χ4v) is 2.55. The van der Waals surface area contributed by atoms with Crippen LogP contribution in [0.25, 0.3) is 10.9 Å². The predicted molar refractivity (Wildman–Crippen MR) is 87.2 cm³/mol. The lowest BCUT2D eigenvalue weighted by atomic mass is 10.1. The van der Waals surface area contributed by atoms with Gasteiger partial charge in [-0.15, -0.1) is 0 Å². The number of benzene rings is 1. The average molecular weight is 287 g/mol. The van der Waals surface area contributed by atoms with Crippen molar-refractivity contribution in [2.75, 3.05) is 6.54 Å². The van der Waals surface area contributed by atoms with E-state index in [9.17, 15) is 4.79 Å². The summed E-state index contributed by atoms with van der Waals surface area (Å²) in [5, 5.41) is 7.54. The van der Waals surface area contributed by atoms with Crippen LogP contribution in [0.4, 0.5) is 0 Å². The molecule has 0 radical (unpaired) electrons. The first-order chi connectivity index (χ1) is 10.1. The highest BCUT2D eigenvalue weighted by Crippen LogP contribution is 2.20. The Morgan fingerprint density at radius 3 is 2.81 bits per heavy atom. The van der Waals surface area contributed by atoms with E-state index in [0.717, 1.165) is 13.1 Å². The summed E-state index contributed by atoms with van der Waals surface area (Å²) < 4.78 is 2.18. The molecule has 1 heterocycles. The van der Waals surface area contributed by atoms with Crippen LogP contribution in [0.1, 0.15) is 32.8 Å². The molecule has 0 aliphatic carbocycles. The number of nitrogens with zero attached hydrogens (tertiary/aromatic N) is 1. The summed E-state index contributed by atoms with van der Waals surface area (Å²) in [6.07, 6.45) is 2.58. The topological polar surface area (TPSA) is 46.1 Å². The molecule has 2 aromatic rings. The van der Waals surface area contributed by atoms with Gasteiger partial charge in [-0.25, -0.2) is 0 Å². The Hall–Kier alpha value is -1.81. The zero-order valence-corrected chi connectivity index (χ0v) is 13.1. The second kappa shape index (κ2) is 7.27. The van der Waals surface area contributed by atoms with Crippen LogP contribution in [0.15, 0.2) is 30.5 Å². The minimum atomic E-state index is 0.107. The van der Waals surface area contributed by atoms with Crippen LogP contribution in [0.2, 0.25) is 0 Å². The van der Waals surface area contributed by atoms with Crippen molar-refractivity contribution >= 4 is 16.8 Å². The Labute approximate surface area is 126 Å². The van der Waals surface area contributed by atoms with Crippen LogP contribution >= 0.6 is 0 Å². The standard InChI is InChI=1S/C17H25N3O/c1-4-18-12-15-7-5-6-14-8-10-20(17(14)15)11-9-16(21)19-13(2)3/h5-8,10,13,18H,4,9,11-12H2,1-3H3,(H,19,21). The molecule has 2 rings (SSSR count). The maximum absolute atomic E-state index is 11.8. The number of aromatic nitrogens is 1. The fourth-order valence-electron chi connectivity index (χ4n) is 2.55. The van der Waals surface area contributed by atoms with Gasteiger partial charge in [0.15, 0.2) is 0 Å². The lowest BCUT2D eigenvalue weighted by molar-refractivity contribution is -0.121. The second-order valence-corrected chi connectivity index (χ2v) is 5.62. The van der Waals surface area contributed by atoms with Gasteiger partial charge in [0.2, 0.25) is 5.91 Å². The number of para-hydroxylation sites is 1. The van der Waals surface area contributed by atoms with E-state index in [0.29, 0.717) is 13.0 Å². The molecular formula is C17H25N3O. The maximum atomic E-state index is 11.8. The minimum absolute atomic E-state index is 0.107. The van der Waals surface area contributed by atoms with Gasteiger partial charge in [0.1, 0.15) is 0 Å². The van der Waals surface area contributed by atoms with Gasteiger partial charge in [-0.05, 0) is 37.4 Å². The molecule has 0 atom stereocenters. The van der Waals surface area contributed by atoms with Gasteiger partial charge in [-0.3, -0.25) is 4.79 Å². The molecule has 21 heavy (non-hydrogen) atoms. The molecule has 2 N–H and O–H groups in total. The van der Waals surface area contributed by atoms with Gasteiger partial charge in [-0.2, -0.15) is 0 Å². The van der Waals surface area contributed by atoms with Crippen LogP contribution in [-0.4, -0.2) is 23.1 Å². The number of amides is 1. The van der Waals surface area contributed by atoms with Gasteiger partial charge in [0.05, 0.1) is 5.52 Å². The van der Waals surface area contributed by atoms with Crippen molar-refractivity contribution in [3.63, 3.8) is 0 Å². The maximum Gasteiger partial charge on any atom is 0.221 e. The van der Waals surface area contributed by atoms with Crippen LogP contribution in [0.3, 0.4) is 0 Å². The third-order valence-corrected chi connectivity index (χ3v) is 3.47. The van der Waals surface area contributed by atoms with E-state index < -0.39 is 0 Å². The molecule has 0 bridgehead atoms. The molecule has 0 unspecified atom stereocenters. The lowest BCUT2D eigenvalue weighted by Gasteiger charge is -2.12. The van der Waals surface area contributed by atoms with Crippen molar-refractivity contribution in [2.24, 2.45) is 0 Å². The summed E-state index contributed by atoms with van der Waals surface area (Å²) in [7, 11) is 0. The normalized spacial score (nSPS) is 11.2. The first kappa shape index (κ1) is 15.6. The number of carbonyl (C=O) groups excluding carboxylic acids is 1. The van der Waals surface area contributed by atoms with Crippen molar-refractivity contribution in [3.05, 3.63) is 36.0 Å². The Morgan fingerprint density at radius 2 is 2.10 bits per heavy atom. The van der Waals surface area contributed by atoms with E-state index in [1.165, 1.54) is 16.5 Å². The van der Waals surface area contributed by atoms with Gasteiger partial charge in [0.25, 0.3) is 0 Å². The Bertz CT molecular complexity index is 601. The van der Waals surface area contributed by atoms with Crippen molar-refractivity contribution in [2.45, 2.75) is 46.3 Å². The zero-order valence-electron chi connectivity index (χ0n) is 13.1. The third kappa shape index (κ3) is 4.08. The SMILES string of the molecule is CCNCc1cccc2ccn(CCC(=O)NC(C)C)c12. The van der Waals surface area contributed by atoms with Gasteiger partial charge in [-0.1, -0.05) is 25.1 Å². The number of carbonyl (C=O) groups is 1. The minimum Gasteiger partial charge on any atom is -0.354 e. The summed E-state index contributed by atoms with van der Waals surface area (Å²) in [5.74, 6) is 0.107. The van der Waals surface area contributed by atoms with Crippen molar-refractivity contribution in [3.8, 4) is 0 Å². The largest absolute Gasteiger partial charge is 0.354 e. The van der Waals surface area contributed by atoms with Crippen molar-refractivity contribution < 1.29 is 4.79 Å². The Morgan fingerprint density at radius 1 is 1.29 bits per heavy atom. The number of hydrogen-bond donors (Lipinski definition) is 2. The third-order valence-electron chi connectivity index (χ3n) is 3.47. The molecule has 114 valence electrons. The van der Waals surface area contributed by atoms with Gasteiger partial charge < -0.3 is 15.2 Å². The Kier molecular flexibility index (Phi) is 5.39. The number of nitrogens with one attached hydrogen (secondary N) is 2. The molecule has 0 spiro atoms. The van der Waals surface area contributed by atoms with E-state index in [-0.39, 0.29) is 11.9 Å². The van der Waals surface area contributed by atoms with Crippen LogP contribution in [0.5, 0.6) is 0 Å².